The van der Waals surface area contributed by atoms with E-state index in [1.54, 1.807) is 12.1 Å². The summed E-state index contributed by atoms with van der Waals surface area (Å²) >= 11 is 9.47. The molecule has 1 atom stereocenters. The lowest BCUT2D eigenvalue weighted by molar-refractivity contribution is 0.599. The van der Waals surface area contributed by atoms with Gasteiger partial charge in [0.25, 0.3) is 0 Å². The number of hydrogen-bond donors (Lipinski definition) is 0. The Morgan fingerprint density at radius 1 is 1.21 bits per heavy atom. The fraction of sp³-hybridized carbons (Fsp3) is 0.250. The molecular formula is C16H15BrClF. The molecule has 0 aliphatic rings. The van der Waals surface area contributed by atoms with Crippen molar-refractivity contribution < 1.29 is 4.39 Å². The van der Waals surface area contributed by atoms with Crippen LogP contribution in [0, 0.1) is 12.7 Å². The van der Waals surface area contributed by atoms with Gasteiger partial charge >= 0.3 is 0 Å². The summed E-state index contributed by atoms with van der Waals surface area (Å²) in [6, 6.07) is 12.9. The van der Waals surface area contributed by atoms with E-state index in [0.29, 0.717) is 17.0 Å². The van der Waals surface area contributed by atoms with Crippen molar-refractivity contribution in [1.29, 1.82) is 0 Å². The predicted molar refractivity (Wildman–Crippen MR) is 82.8 cm³/mol. The highest BCUT2D eigenvalue weighted by molar-refractivity contribution is 9.09. The Hall–Kier alpha value is -0.860. The van der Waals surface area contributed by atoms with Gasteiger partial charge in [0, 0.05) is 10.4 Å². The Labute approximate surface area is 126 Å². The van der Waals surface area contributed by atoms with Crippen LogP contribution in [0.4, 0.5) is 4.39 Å². The molecule has 0 radical (unpaired) electrons. The topological polar surface area (TPSA) is 0 Å². The summed E-state index contributed by atoms with van der Waals surface area (Å²) in [6.45, 7) is 2.08. The van der Waals surface area contributed by atoms with Crippen molar-refractivity contribution in [3.8, 4) is 0 Å². The van der Waals surface area contributed by atoms with E-state index in [4.69, 9.17) is 11.6 Å². The summed E-state index contributed by atoms with van der Waals surface area (Å²) in [4.78, 5) is 0. The summed E-state index contributed by atoms with van der Waals surface area (Å²) in [5.41, 5.74) is 3.15. The van der Waals surface area contributed by atoms with Crippen LogP contribution in [0.1, 0.15) is 22.6 Å². The summed E-state index contributed by atoms with van der Waals surface area (Å²) in [6.07, 6.45) is 0.641. The second-order valence-corrected chi connectivity index (χ2v) is 5.73. The first-order chi connectivity index (χ1) is 9.11. The maximum atomic E-state index is 13.8. The fourth-order valence-corrected chi connectivity index (χ4v) is 3.03. The minimum absolute atomic E-state index is 0.191. The lowest BCUT2D eigenvalue weighted by atomic mass is 9.90. The molecule has 0 spiro atoms. The normalized spacial score (nSPS) is 12.4. The first kappa shape index (κ1) is 14.5. The van der Waals surface area contributed by atoms with E-state index in [1.807, 2.05) is 12.1 Å². The molecule has 1 unspecified atom stereocenters. The molecule has 0 aromatic heterocycles. The van der Waals surface area contributed by atoms with Gasteiger partial charge in [0.1, 0.15) is 5.82 Å². The highest BCUT2D eigenvalue weighted by Gasteiger charge is 2.15. The second kappa shape index (κ2) is 6.53. The monoisotopic (exact) mass is 340 g/mol. The molecule has 0 aliphatic carbocycles. The van der Waals surface area contributed by atoms with Gasteiger partial charge in [-0.2, -0.15) is 0 Å². The molecule has 0 aliphatic heterocycles. The van der Waals surface area contributed by atoms with E-state index >= 15 is 0 Å². The van der Waals surface area contributed by atoms with Gasteiger partial charge < -0.3 is 0 Å². The van der Waals surface area contributed by atoms with Crippen LogP contribution in [-0.4, -0.2) is 5.33 Å². The van der Waals surface area contributed by atoms with Crippen LogP contribution in [0.5, 0.6) is 0 Å². The molecule has 0 N–H and O–H groups in total. The van der Waals surface area contributed by atoms with Gasteiger partial charge in [-0.15, -0.1) is 0 Å². The zero-order valence-corrected chi connectivity index (χ0v) is 13.0. The van der Waals surface area contributed by atoms with Crippen molar-refractivity contribution >= 4 is 27.5 Å². The number of aryl methyl sites for hydroxylation is 1. The summed E-state index contributed by atoms with van der Waals surface area (Å²) in [5, 5.41) is 1.37. The molecule has 2 aromatic rings. The Morgan fingerprint density at radius 3 is 2.63 bits per heavy atom. The van der Waals surface area contributed by atoms with Gasteiger partial charge in [0.05, 0.1) is 0 Å². The highest BCUT2D eigenvalue weighted by Crippen LogP contribution is 2.27. The Bertz CT molecular complexity index is 568. The van der Waals surface area contributed by atoms with Crippen molar-refractivity contribution in [3.63, 3.8) is 0 Å². The van der Waals surface area contributed by atoms with E-state index in [1.165, 1.54) is 17.2 Å². The van der Waals surface area contributed by atoms with Gasteiger partial charge in [-0.25, -0.2) is 4.39 Å². The molecule has 2 rings (SSSR count). The molecule has 0 nitrogen and oxygen atoms in total. The molecule has 0 bridgehead atoms. The van der Waals surface area contributed by atoms with Gasteiger partial charge in [-0.3, -0.25) is 0 Å². The number of halogens is 3. The lowest BCUT2D eigenvalue weighted by Crippen LogP contribution is -2.07. The van der Waals surface area contributed by atoms with Crippen LogP contribution < -0.4 is 0 Å². The van der Waals surface area contributed by atoms with E-state index in [9.17, 15) is 4.39 Å². The van der Waals surface area contributed by atoms with Crippen molar-refractivity contribution in [2.75, 3.05) is 5.33 Å². The third-order valence-electron chi connectivity index (χ3n) is 3.29. The zero-order chi connectivity index (χ0) is 13.8. The van der Waals surface area contributed by atoms with E-state index in [0.717, 1.165) is 5.33 Å². The molecule has 0 fully saturated rings. The minimum Gasteiger partial charge on any atom is -0.207 e. The highest BCUT2D eigenvalue weighted by atomic mass is 79.9. The van der Waals surface area contributed by atoms with Crippen LogP contribution in [0.3, 0.4) is 0 Å². The average molecular weight is 342 g/mol. The maximum absolute atomic E-state index is 13.8. The van der Waals surface area contributed by atoms with Gasteiger partial charge in [-0.05, 0) is 54.2 Å². The molecular weight excluding hydrogens is 327 g/mol. The second-order valence-electron chi connectivity index (χ2n) is 4.65. The van der Waals surface area contributed by atoms with Crippen LogP contribution in [0.25, 0.3) is 0 Å². The summed E-state index contributed by atoms with van der Waals surface area (Å²) in [5.74, 6) is 0.0538. The Balaban J connectivity index is 2.29. The van der Waals surface area contributed by atoms with Crippen molar-refractivity contribution in [3.05, 3.63) is 70.0 Å². The van der Waals surface area contributed by atoms with Crippen LogP contribution >= 0.6 is 27.5 Å². The molecule has 0 saturated carbocycles. The first-order valence-corrected chi connectivity index (χ1v) is 7.67. The SMILES string of the molecule is Cc1ccccc1C(CBr)Cc1cc(Cl)ccc1F. The van der Waals surface area contributed by atoms with Crippen LogP contribution in [0.15, 0.2) is 42.5 Å². The largest absolute Gasteiger partial charge is 0.207 e. The van der Waals surface area contributed by atoms with Gasteiger partial charge in [-0.1, -0.05) is 51.8 Å². The molecule has 2 aromatic carbocycles. The third-order valence-corrected chi connectivity index (χ3v) is 4.31. The zero-order valence-electron chi connectivity index (χ0n) is 10.7. The first-order valence-electron chi connectivity index (χ1n) is 6.17. The van der Waals surface area contributed by atoms with E-state index in [-0.39, 0.29) is 11.7 Å². The molecule has 3 heteroatoms. The average Bonchev–Trinajstić information content (AvgIpc) is 2.41. The molecule has 19 heavy (non-hydrogen) atoms. The van der Waals surface area contributed by atoms with Crippen molar-refractivity contribution in [2.24, 2.45) is 0 Å². The predicted octanol–water partition coefficient (Wildman–Crippen LogP) is 5.51. The summed E-state index contributed by atoms with van der Waals surface area (Å²) in [7, 11) is 0. The quantitative estimate of drug-likeness (QED) is 0.643. The number of rotatable bonds is 4. The van der Waals surface area contributed by atoms with Crippen LogP contribution in [-0.2, 0) is 6.42 Å². The Morgan fingerprint density at radius 2 is 1.95 bits per heavy atom. The number of hydrogen-bond acceptors (Lipinski definition) is 0. The van der Waals surface area contributed by atoms with Gasteiger partial charge in [0.2, 0.25) is 0 Å². The maximum Gasteiger partial charge on any atom is 0.126 e. The smallest absolute Gasteiger partial charge is 0.126 e. The standard InChI is InChI=1S/C16H15BrClF/c1-11-4-2-3-5-15(11)13(10-17)8-12-9-14(18)6-7-16(12)19/h2-7,9,13H,8,10H2,1H3. The molecule has 0 heterocycles. The van der Waals surface area contributed by atoms with Crippen molar-refractivity contribution in [1.82, 2.24) is 0 Å². The molecule has 0 amide bonds. The van der Waals surface area contributed by atoms with E-state index < -0.39 is 0 Å². The van der Waals surface area contributed by atoms with Crippen LogP contribution in [0.2, 0.25) is 5.02 Å². The molecule has 0 saturated heterocycles. The third kappa shape index (κ3) is 3.58. The van der Waals surface area contributed by atoms with Gasteiger partial charge in [0.15, 0.2) is 0 Å². The lowest BCUT2D eigenvalue weighted by Gasteiger charge is -2.17. The number of benzene rings is 2. The summed E-state index contributed by atoms with van der Waals surface area (Å²) < 4.78 is 13.8. The fourth-order valence-electron chi connectivity index (χ4n) is 2.26. The van der Waals surface area contributed by atoms with Crippen molar-refractivity contribution in [2.45, 2.75) is 19.3 Å². The van der Waals surface area contributed by atoms with E-state index in [2.05, 4.69) is 35.0 Å². The number of alkyl halides is 1. The minimum atomic E-state index is -0.191. The molecule has 100 valence electrons. The Kier molecular flexibility index (Phi) is 5.00.